The maximum absolute atomic E-state index is 13.5. The minimum Gasteiger partial charge on any atom is -0.500 e. The van der Waals surface area contributed by atoms with Crippen molar-refractivity contribution in [3.8, 4) is 22.5 Å². The molecule has 0 aliphatic rings. The fraction of sp³-hybridized carbons (Fsp3) is 0.209. The Bertz CT molecular complexity index is 2150. The summed E-state index contributed by atoms with van der Waals surface area (Å²) in [4.78, 5) is 9.18. The Morgan fingerprint density at radius 2 is 1.53 bits per heavy atom. The molecule has 49 heavy (non-hydrogen) atoms. The first-order valence-corrected chi connectivity index (χ1v) is 20.1. The smallest absolute Gasteiger partial charge is 0.126 e. The van der Waals surface area contributed by atoms with Crippen molar-refractivity contribution in [1.29, 1.82) is 0 Å². The first kappa shape index (κ1) is 36.1. The third kappa shape index (κ3) is 8.51. The second kappa shape index (κ2) is 15.5. The molecule has 0 spiro atoms. The van der Waals surface area contributed by atoms with Gasteiger partial charge < -0.3 is 14.4 Å². The molecule has 0 saturated heterocycles. The molecule has 0 bridgehead atoms. The summed E-state index contributed by atoms with van der Waals surface area (Å²) < 4.78 is 19.4. The van der Waals surface area contributed by atoms with Gasteiger partial charge in [0, 0.05) is 44.0 Å². The number of benzene rings is 4. The zero-order valence-electron chi connectivity index (χ0n) is 28.8. The second-order valence-corrected chi connectivity index (χ2v) is 18.9. The Hall–Kier alpha value is -4.22. The summed E-state index contributed by atoms with van der Waals surface area (Å²) in [7, 11) is -1.38. The van der Waals surface area contributed by atoms with Crippen LogP contribution in [0, 0.1) is 23.9 Å². The van der Waals surface area contributed by atoms with Gasteiger partial charge in [0.1, 0.15) is 11.4 Å². The average molecular weight is 841 g/mol. The molecule has 1 atom stereocenters. The topological polar surface area (TPSA) is 38.9 Å². The Morgan fingerprint density at radius 1 is 0.755 bits per heavy atom. The van der Waals surface area contributed by atoms with E-state index in [4.69, 9.17) is 4.42 Å². The minimum absolute atomic E-state index is 0. The Balaban J connectivity index is 0.000000187. The number of halogens is 1. The van der Waals surface area contributed by atoms with Gasteiger partial charge in [0.2, 0.25) is 0 Å². The molecule has 251 valence electrons. The van der Waals surface area contributed by atoms with E-state index in [9.17, 15) is 4.39 Å². The van der Waals surface area contributed by atoms with Crippen molar-refractivity contribution in [3.05, 3.63) is 150 Å². The zero-order valence-corrected chi connectivity index (χ0v) is 32.2. The summed E-state index contributed by atoms with van der Waals surface area (Å²) in [6, 6.07) is 40.5. The molecule has 1 unspecified atom stereocenters. The first-order chi connectivity index (χ1) is 23.1. The predicted molar refractivity (Wildman–Crippen MR) is 200 cm³/mol. The largest absolute Gasteiger partial charge is 0.500 e. The van der Waals surface area contributed by atoms with Crippen molar-refractivity contribution < 1.29 is 28.9 Å². The zero-order chi connectivity index (χ0) is 33.8. The summed E-state index contributed by atoms with van der Waals surface area (Å²) in [6.45, 7) is 13.6. The molecule has 7 aromatic rings. The number of pyridine rings is 2. The van der Waals surface area contributed by atoms with Gasteiger partial charge in [0.15, 0.2) is 0 Å². The van der Waals surface area contributed by atoms with Crippen LogP contribution in [0.15, 0.2) is 120 Å². The van der Waals surface area contributed by atoms with Gasteiger partial charge in [-0.3, -0.25) is 0 Å². The molecule has 0 fully saturated rings. The van der Waals surface area contributed by atoms with Crippen LogP contribution in [0.2, 0.25) is 19.6 Å². The van der Waals surface area contributed by atoms with Crippen LogP contribution in [0.25, 0.3) is 44.5 Å². The average Bonchev–Trinajstić information content (AvgIpc) is 3.46. The van der Waals surface area contributed by atoms with Gasteiger partial charge in [-0.15, -0.1) is 53.6 Å². The van der Waals surface area contributed by atoms with Crippen molar-refractivity contribution in [3.63, 3.8) is 0 Å². The van der Waals surface area contributed by atoms with Crippen molar-refractivity contribution in [2.24, 2.45) is 5.92 Å². The summed E-state index contributed by atoms with van der Waals surface area (Å²) in [6.07, 6.45) is 4.94. The molecule has 0 amide bonds. The van der Waals surface area contributed by atoms with Crippen LogP contribution in [0.5, 0.6) is 0 Å². The summed E-state index contributed by atoms with van der Waals surface area (Å²) >= 11 is 0. The van der Waals surface area contributed by atoms with Crippen molar-refractivity contribution in [1.82, 2.24) is 9.97 Å². The fourth-order valence-corrected chi connectivity index (χ4v) is 6.98. The number of furan rings is 1. The molecule has 1 radical (unpaired) electrons. The molecule has 3 nitrogen and oxygen atoms in total. The standard InChI is InChI=1S/C23H24N.C20H17FNOSi.Ir/c1-17(2)14-19-12-13-24-23(15-19)22-11-7-10-21(16-22)18(3)20-8-5-4-6-9-20;1-24(2,3)14-8-10-18(22-12-14)17-6-4-5-16-15-9-7-13(21)11-19(15)23-20(16)17;/h4-10,12-13,15-18H,14H2,1-3H3;4-5,7-12H,1-3H3;/q2*-1;. The molecule has 3 heterocycles. The Labute approximate surface area is 304 Å². The van der Waals surface area contributed by atoms with E-state index in [-0.39, 0.29) is 25.9 Å². The monoisotopic (exact) mass is 841 g/mol. The third-order valence-electron chi connectivity index (χ3n) is 8.65. The molecular formula is C43H41FIrN2OSi-2. The normalized spacial score (nSPS) is 12.0. The van der Waals surface area contributed by atoms with Crippen molar-refractivity contribution in [2.45, 2.75) is 52.8 Å². The molecule has 0 N–H and O–H groups in total. The number of rotatable bonds is 7. The van der Waals surface area contributed by atoms with Crippen LogP contribution >= 0.6 is 0 Å². The molecule has 7 rings (SSSR count). The van der Waals surface area contributed by atoms with Crippen molar-refractivity contribution in [2.75, 3.05) is 0 Å². The van der Waals surface area contributed by atoms with E-state index in [1.807, 2.05) is 36.7 Å². The number of hydrogen-bond acceptors (Lipinski definition) is 3. The molecule has 3 aromatic heterocycles. The van der Waals surface area contributed by atoms with Crippen LogP contribution in [-0.4, -0.2) is 18.0 Å². The van der Waals surface area contributed by atoms with E-state index < -0.39 is 8.07 Å². The van der Waals surface area contributed by atoms with Crippen LogP contribution in [0.4, 0.5) is 4.39 Å². The van der Waals surface area contributed by atoms with Crippen LogP contribution in [0.3, 0.4) is 0 Å². The molecule has 0 saturated carbocycles. The van der Waals surface area contributed by atoms with Gasteiger partial charge in [0.25, 0.3) is 0 Å². The van der Waals surface area contributed by atoms with E-state index in [1.165, 1.54) is 34.0 Å². The Morgan fingerprint density at radius 3 is 2.24 bits per heavy atom. The fourth-order valence-electron chi connectivity index (χ4n) is 5.95. The van der Waals surface area contributed by atoms with Crippen LogP contribution < -0.4 is 5.19 Å². The van der Waals surface area contributed by atoms with Gasteiger partial charge in [-0.1, -0.05) is 105 Å². The van der Waals surface area contributed by atoms with Crippen LogP contribution in [0.1, 0.15) is 43.4 Å². The van der Waals surface area contributed by atoms with Gasteiger partial charge in [-0.05, 0) is 58.6 Å². The molecule has 0 aliphatic heterocycles. The summed E-state index contributed by atoms with van der Waals surface area (Å²) in [5.74, 6) is 0.705. The molecular weight excluding hydrogens is 800 g/mol. The second-order valence-electron chi connectivity index (χ2n) is 13.8. The number of fused-ring (bicyclic) bond motifs is 3. The number of nitrogens with zero attached hydrogens (tertiary/aromatic N) is 2. The molecule has 4 aromatic carbocycles. The van der Waals surface area contributed by atoms with Gasteiger partial charge >= 0.3 is 0 Å². The van der Waals surface area contributed by atoms with Gasteiger partial charge in [-0.25, -0.2) is 4.39 Å². The minimum atomic E-state index is -1.38. The maximum atomic E-state index is 13.5. The summed E-state index contributed by atoms with van der Waals surface area (Å²) in [5, 5.41) is 3.17. The van der Waals surface area contributed by atoms with E-state index in [0.29, 0.717) is 23.0 Å². The van der Waals surface area contributed by atoms with E-state index in [0.717, 1.165) is 39.7 Å². The predicted octanol–water partition coefficient (Wildman–Crippen LogP) is 11.0. The van der Waals surface area contributed by atoms with Gasteiger partial charge in [0.05, 0.1) is 13.7 Å². The van der Waals surface area contributed by atoms with E-state index in [2.05, 4.69) is 123 Å². The van der Waals surface area contributed by atoms with Crippen molar-refractivity contribution >= 4 is 35.2 Å². The van der Waals surface area contributed by atoms with E-state index in [1.54, 1.807) is 6.07 Å². The molecule has 6 heteroatoms. The van der Waals surface area contributed by atoms with Crippen LogP contribution in [-0.2, 0) is 26.5 Å². The molecule has 0 aliphatic carbocycles. The SMILES string of the molecule is CC(C)Cc1ccnc(-c2[c-]ccc(C(C)c3ccccc3)c2)c1.C[Si](C)(C)c1ccc(-c2[c-]ccc3c2oc2cc(F)ccc23)nc1.[Ir]. The number of hydrogen-bond donors (Lipinski definition) is 0. The van der Waals surface area contributed by atoms with Gasteiger partial charge in [-0.2, -0.15) is 0 Å². The summed E-state index contributed by atoms with van der Waals surface area (Å²) in [5.41, 5.74) is 8.92. The van der Waals surface area contributed by atoms with E-state index >= 15 is 0 Å². The Kier molecular flexibility index (Phi) is 11.4. The number of aromatic nitrogens is 2. The maximum Gasteiger partial charge on any atom is 0.126 e. The quantitative estimate of drug-likeness (QED) is 0.119. The first-order valence-electron chi connectivity index (χ1n) is 16.6. The third-order valence-corrected chi connectivity index (χ3v) is 10.7.